The van der Waals surface area contributed by atoms with E-state index in [4.69, 9.17) is 15.0 Å². The standard InChI is InChI=1S/C20H32N8O/c29-17(16-6-5-7-21-16)25-12-14-28(15-13-25)20-23-18(26-8-1-2-9-26)22-19(24-20)27-10-3-4-11-27/h16,21H,1-15H2. The second-order valence-corrected chi connectivity index (χ2v) is 8.58. The van der Waals surface area contributed by atoms with Gasteiger partial charge >= 0.3 is 0 Å². The number of rotatable bonds is 4. The maximum absolute atomic E-state index is 12.7. The van der Waals surface area contributed by atoms with Crippen molar-refractivity contribution in [3.8, 4) is 0 Å². The van der Waals surface area contributed by atoms with Crippen molar-refractivity contribution >= 4 is 23.8 Å². The second kappa shape index (κ2) is 8.30. The highest BCUT2D eigenvalue weighted by Gasteiger charge is 2.30. The van der Waals surface area contributed by atoms with E-state index in [2.05, 4.69) is 20.0 Å². The van der Waals surface area contributed by atoms with Crippen molar-refractivity contribution in [2.24, 2.45) is 0 Å². The maximum Gasteiger partial charge on any atom is 0.239 e. The van der Waals surface area contributed by atoms with Gasteiger partial charge in [-0.2, -0.15) is 15.0 Å². The van der Waals surface area contributed by atoms with E-state index in [9.17, 15) is 4.79 Å². The molecule has 9 heteroatoms. The normalized spacial score (nSPS) is 25.3. The van der Waals surface area contributed by atoms with Gasteiger partial charge in [0.15, 0.2) is 0 Å². The molecule has 0 bridgehead atoms. The minimum absolute atomic E-state index is 0.0160. The summed E-state index contributed by atoms with van der Waals surface area (Å²) in [6.07, 6.45) is 6.88. The van der Waals surface area contributed by atoms with Crippen LogP contribution in [0.5, 0.6) is 0 Å². The molecule has 1 atom stereocenters. The van der Waals surface area contributed by atoms with Crippen LogP contribution in [0.1, 0.15) is 38.5 Å². The first-order chi connectivity index (χ1) is 14.3. The zero-order valence-corrected chi connectivity index (χ0v) is 17.2. The summed E-state index contributed by atoms with van der Waals surface area (Å²) in [4.78, 5) is 36.0. The fourth-order valence-corrected chi connectivity index (χ4v) is 4.84. The van der Waals surface area contributed by atoms with Gasteiger partial charge in [0, 0.05) is 52.4 Å². The van der Waals surface area contributed by atoms with E-state index in [0.29, 0.717) is 0 Å². The maximum atomic E-state index is 12.7. The highest BCUT2D eigenvalue weighted by Crippen LogP contribution is 2.25. The highest BCUT2D eigenvalue weighted by molar-refractivity contribution is 5.82. The zero-order valence-electron chi connectivity index (χ0n) is 17.2. The predicted octanol–water partition coefficient (Wildman–Crippen LogP) is 0.473. The number of anilines is 3. The molecule has 0 saturated carbocycles. The van der Waals surface area contributed by atoms with Crippen molar-refractivity contribution in [1.82, 2.24) is 25.2 Å². The Morgan fingerprint density at radius 3 is 1.62 bits per heavy atom. The van der Waals surface area contributed by atoms with E-state index in [0.717, 1.165) is 89.6 Å². The van der Waals surface area contributed by atoms with Crippen LogP contribution in [-0.2, 0) is 4.79 Å². The Balaban J connectivity index is 1.31. The number of piperazine rings is 1. The molecule has 0 aliphatic carbocycles. The summed E-state index contributed by atoms with van der Waals surface area (Å²) in [6.45, 7) is 8.10. The Hall–Kier alpha value is -2.16. The lowest BCUT2D eigenvalue weighted by atomic mass is 10.2. The van der Waals surface area contributed by atoms with Gasteiger partial charge in [-0.05, 0) is 45.1 Å². The van der Waals surface area contributed by atoms with Gasteiger partial charge < -0.3 is 24.9 Å². The fraction of sp³-hybridized carbons (Fsp3) is 0.800. The number of amides is 1. The van der Waals surface area contributed by atoms with Crippen molar-refractivity contribution in [2.75, 3.05) is 73.6 Å². The van der Waals surface area contributed by atoms with E-state index in [1.54, 1.807) is 0 Å². The molecule has 1 N–H and O–H groups in total. The van der Waals surface area contributed by atoms with Gasteiger partial charge in [-0.25, -0.2) is 0 Å². The Morgan fingerprint density at radius 1 is 0.690 bits per heavy atom. The van der Waals surface area contributed by atoms with Crippen LogP contribution in [0, 0.1) is 0 Å². The highest BCUT2D eigenvalue weighted by atomic mass is 16.2. The lowest BCUT2D eigenvalue weighted by molar-refractivity contribution is -0.133. The van der Waals surface area contributed by atoms with Crippen LogP contribution in [0.3, 0.4) is 0 Å². The first-order valence-corrected chi connectivity index (χ1v) is 11.3. The molecule has 1 aromatic heterocycles. The molecular weight excluding hydrogens is 368 g/mol. The van der Waals surface area contributed by atoms with Crippen LogP contribution >= 0.6 is 0 Å². The average Bonchev–Trinajstić information content (AvgIpc) is 3.55. The van der Waals surface area contributed by atoms with Crippen LogP contribution in [0.25, 0.3) is 0 Å². The van der Waals surface area contributed by atoms with Crippen molar-refractivity contribution in [3.05, 3.63) is 0 Å². The molecule has 1 aromatic rings. The molecule has 5 heterocycles. The molecule has 1 unspecified atom stereocenters. The molecule has 9 nitrogen and oxygen atoms in total. The molecule has 5 rings (SSSR count). The molecule has 158 valence electrons. The Morgan fingerprint density at radius 2 is 1.17 bits per heavy atom. The van der Waals surface area contributed by atoms with Crippen molar-refractivity contribution in [2.45, 2.75) is 44.6 Å². The van der Waals surface area contributed by atoms with Crippen LogP contribution in [0.4, 0.5) is 17.8 Å². The van der Waals surface area contributed by atoms with E-state index in [1.807, 2.05) is 4.90 Å². The zero-order chi connectivity index (χ0) is 19.6. The number of carbonyl (C=O) groups is 1. The quantitative estimate of drug-likeness (QED) is 0.781. The van der Waals surface area contributed by atoms with Gasteiger partial charge in [0.1, 0.15) is 0 Å². The molecule has 4 fully saturated rings. The Bertz CT molecular complexity index is 683. The van der Waals surface area contributed by atoms with E-state index in [-0.39, 0.29) is 11.9 Å². The first kappa shape index (κ1) is 18.8. The SMILES string of the molecule is O=C(C1CCCN1)N1CCN(c2nc(N3CCCC3)nc(N3CCCC3)n2)CC1. The largest absolute Gasteiger partial charge is 0.341 e. The number of carbonyl (C=O) groups excluding carboxylic acids is 1. The van der Waals surface area contributed by atoms with Gasteiger partial charge in [-0.1, -0.05) is 0 Å². The lowest BCUT2D eigenvalue weighted by Gasteiger charge is -2.36. The number of hydrogen-bond acceptors (Lipinski definition) is 8. The number of nitrogens with one attached hydrogen (secondary N) is 1. The van der Waals surface area contributed by atoms with Gasteiger partial charge in [0.05, 0.1) is 6.04 Å². The summed E-state index contributed by atoms with van der Waals surface area (Å²) in [7, 11) is 0. The molecule has 29 heavy (non-hydrogen) atoms. The fourth-order valence-electron chi connectivity index (χ4n) is 4.84. The third-order valence-corrected chi connectivity index (χ3v) is 6.61. The monoisotopic (exact) mass is 400 g/mol. The molecule has 4 aliphatic rings. The Labute approximate surface area is 172 Å². The average molecular weight is 401 g/mol. The number of nitrogens with zero attached hydrogens (tertiary/aromatic N) is 7. The summed E-state index contributed by atoms with van der Waals surface area (Å²) < 4.78 is 0. The first-order valence-electron chi connectivity index (χ1n) is 11.3. The summed E-state index contributed by atoms with van der Waals surface area (Å²) >= 11 is 0. The van der Waals surface area contributed by atoms with Gasteiger partial charge in [0.25, 0.3) is 0 Å². The summed E-state index contributed by atoms with van der Waals surface area (Å²) in [5.41, 5.74) is 0. The molecule has 1 amide bonds. The third-order valence-electron chi connectivity index (χ3n) is 6.61. The van der Waals surface area contributed by atoms with Gasteiger partial charge in [-0.3, -0.25) is 4.79 Å². The molecule has 0 spiro atoms. The second-order valence-electron chi connectivity index (χ2n) is 8.58. The molecule has 0 radical (unpaired) electrons. The van der Waals surface area contributed by atoms with Gasteiger partial charge in [-0.15, -0.1) is 0 Å². The van der Waals surface area contributed by atoms with Crippen LogP contribution in [0.15, 0.2) is 0 Å². The number of hydrogen-bond donors (Lipinski definition) is 1. The predicted molar refractivity (Wildman–Crippen MR) is 113 cm³/mol. The summed E-state index contributed by atoms with van der Waals surface area (Å²) in [5, 5.41) is 3.33. The van der Waals surface area contributed by atoms with Crippen LogP contribution < -0.4 is 20.0 Å². The topological polar surface area (TPSA) is 80.7 Å². The Kier molecular flexibility index (Phi) is 5.39. The minimum Gasteiger partial charge on any atom is -0.341 e. The molecule has 0 aromatic carbocycles. The lowest BCUT2D eigenvalue weighted by Crippen LogP contribution is -2.53. The van der Waals surface area contributed by atoms with Crippen LogP contribution in [0.2, 0.25) is 0 Å². The molecule has 4 aliphatic heterocycles. The van der Waals surface area contributed by atoms with E-state index < -0.39 is 0 Å². The van der Waals surface area contributed by atoms with E-state index >= 15 is 0 Å². The smallest absolute Gasteiger partial charge is 0.239 e. The van der Waals surface area contributed by atoms with Crippen molar-refractivity contribution in [3.63, 3.8) is 0 Å². The third kappa shape index (κ3) is 3.97. The molecular formula is C20H32N8O. The molecule has 4 saturated heterocycles. The van der Waals surface area contributed by atoms with E-state index in [1.165, 1.54) is 25.7 Å². The minimum atomic E-state index is 0.0160. The van der Waals surface area contributed by atoms with Gasteiger partial charge in [0.2, 0.25) is 23.8 Å². The summed E-state index contributed by atoms with van der Waals surface area (Å²) in [6, 6.07) is 0.0160. The van der Waals surface area contributed by atoms with Crippen molar-refractivity contribution < 1.29 is 4.79 Å². The van der Waals surface area contributed by atoms with Crippen molar-refractivity contribution in [1.29, 1.82) is 0 Å². The summed E-state index contributed by atoms with van der Waals surface area (Å²) in [5.74, 6) is 2.68. The van der Waals surface area contributed by atoms with Crippen LogP contribution in [-0.4, -0.2) is 90.7 Å². The number of aromatic nitrogens is 3.